The molecule has 4 N–H and O–H groups in total. The highest BCUT2D eigenvalue weighted by atomic mass is 32.2. The molecular formula is C32H22O6S. The second-order valence-corrected chi connectivity index (χ2v) is 11.1. The van der Waals surface area contributed by atoms with Gasteiger partial charge in [-0.1, -0.05) is 84.9 Å². The number of aromatic hydroxyl groups is 4. The van der Waals surface area contributed by atoms with E-state index in [1.807, 2.05) is 36.4 Å². The van der Waals surface area contributed by atoms with Crippen molar-refractivity contribution in [3.8, 4) is 45.3 Å². The van der Waals surface area contributed by atoms with Crippen molar-refractivity contribution in [2.24, 2.45) is 0 Å². The topological polar surface area (TPSA) is 115 Å². The smallest absolute Gasteiger partial charge is 0.209 e. The van der Waals surface area contributed by atoms with Crippen LogP contribution in [0.5, 0.6) is 23.0 Å². The second-order valence-electron chi connectivity index (χ2n) is 9.24. The molecule has 0 saturated heterocycles. The van der Waals surface area contributed by atoms with Crippen molar-refractivity contribution in [2.45, 2.75) is 9.79 Å². The lowest BCUT2D eigenvalue weighted by Crippen LogP contribution is -2.08. The molecule has 0 amide bonds. The number of rotatable bonds is 4. The summed E-state index contributed by atoms with van der Waals surface area (Å²) in [6.45, 7) is 0. The minimum Gasteiger partial charge on any atom is -0.504 e. The first kappa shape index (κ1) is 24.3. The van der Waals surface area contributed by atoms with Crippen LogP contribution in [0, 0.1) is 0 Å². The van der Waals surface area contributed by atoms with E-state index in [4.69, 9.17) is 0 Å². The number of fused-ring (bicyclic) bond motifs is 2. The molecule has 6 aromatic rings. The summed E-state index contributed by atoms with van der Waals surface area (Å²) in [4.78, 5) is 0.0950. The highest BCUT2D eigenvalue weighted by molar-refractivity contribution is 7.92. The minimum absolute atomic E-state index is 0.0475. The van der Waals surface area contributed by atoms with E-state index in [0.29, 0.717) is 43.8 Å². The van der Waals surface area contributed by atoms with Crippen molar-refractivity contribution in [2.75, 3.05) is 0 Å². The van der Waals surface area contributed by atoms with Crippen LogP contribution in [0.2, 0.25) is 0 Å². The molecule has 0 fully saturated rings. The summed E-state index contributed by atoms with van der Waals surface area (Å²) in [6.07, 6.45) is 0. The van der Waals surface area contributed by atoms with E-state index in [9.17, 15) is 28.8 Å². The Morgan fingerprint density at radius 2 is 0.846 bits per heavy atom. The third-order valence-electron chi connectivity index (χ3n) is 6.87. The lowest BCUT2D eigenvalue weighted by Gasteiger charge is -2.19. The van der Waals surface area contributed by atoms with Gasteiger partial charge in [0.1, 0.15) is 0 Å². The van der Waals surface area contributed by atoms with Crippen LogP contribution in [0.25, 0.3) is 43.8 Å². The normalized spacial score (nSPS) is 11.7. The Bertz CT molecular complexity index is 1890. The Hall–Kier alpha value is -5.01. The van der Waals surface area contributed by atoms with Crippen molar-refractivity contribution in [3.05, 3.63) is 109 Å². The number of sulfone groups is 1. The molecule has 0 spiro atoms. The van der Waals surface area contributed by atoms with E-state index < -0.39 is 9.84 Å². The Labute approximate surface area is 224 Å². The fraction of sp³-hybridized carbons (Fsp3) is 0. The van der Waals surface area contributed by atoms with E-state index in [-0.39, 0.29) is 32.8 Å². The molecule has 0 heterocycles. The van der Waals surface area contributed by atoms with Gasteiger partial charge in [-0.05, 0) is 46.2 Å². The van der Waals surface area contributed by atoms with E-state index in [1.165, 1.54) is 24.3 Å². The number of phenols is 4. The molecule has 0 saturated carbocycles. The molecular weight excluding hydrogens is 512 g/mol. The van der Waals surface area contributed by atoms with Gasteiger partial charge in [0.15, 0.2) is 23.0 Å². The average molecular weight is 535 g/mol. The van der Waals surface area contributed by atoms with Gasteiger partial charge in [0.2, 0.25) is 9.84 Å². The summed E-state index contributed by atoms with van der Waals surface area (Å²) in [6, 6.07) is 29.7. The summed E-state index contributed by atoms with van der Waals surface area (Å²) in [5, 5.41) is 42.6. The third kappa shape index (κ3) is 4.00. The van der Waals surface area contributed by atoms with E-state index in [1.54, 1.807) is 48.5 Å². The van der Waals surface area contributed by atoms with Crippen molar-refractivity contribution >= 4 is 31.4 Å². The first-order valence-corrected chi connectivity index (χ1v) is 13.6. The maximum absolute atomic E-state index is 14.9. The number of phenolic OH excluding ortho intramolecular Hbond substituents is 4. The third-order valence-corrected chi connectivity index (χ3v) is 8.82. The molecule has 0 atom stereocenters. The second kappa shape index (κ2) is 9.08. The molecule has 0 unspecified atom stereocenters. The molecule has 0 aliphatic rings. The van der Waals surface area contributed by atoms with E-state index >= 15 is 0 Å². The summed E-state index contributed by atoms with van der Waals surface area (Å²) < 4.78 is 29.9. The van der Waals surface area contributed by atoms with Gasteiger partial charge >= 0.3 is 0 Å². The molecule has 6 nitrogen and oxygen atoms in total. The molecule has 0 bridgehead atoms. The Morgan fingerprint density at radius 1 is 0.436 bits per heavy atom. The first-order valence-electron chi connectivity index (χ1n) is 12.1. The maximum atomic E-state index is 14.9. The molecule has 6 rings (SSSR count). The zero-order chi connectivity index (χ0) is 27.3. The highest BCUT2D eigenvalue weighted by Crippen LogP contribution is 2.44. The van der Waals surface area contributed by atoms with Gasteiger partial charge < -0.3 is 20.4 Å². The molecule has 0 aliphatic heterocycles. The lowest BCUT2D eigenvalue weighted by atomic mass is 10.00. The molecule has 39 heavy (non-hydrogen) atoms. The van der Waals surface area contributed by atoms with Crippen molar-refractivity contribution in [1.29, 1.82) is 0 Å². The van der Waals surface area contributed by atoms with E-state index in [2.05, 4.69) is 0 Å². The van der Waals surface area contributed by atoms with Gasteiger partial charge in [-0.15, -0.1) is 0 Å². The van der Waals surface area contributed by atoms with Crippen LogP contribution < -0.4 is 0 Å². The van der Waals surface area contributed by atoms with Crippen molar-refractivity contribution < 1.29 is 28.8 Å². The zero-order valence-electron chi connectivity index (χ0n) is 20.4. The molecule has 6 aromatic carbocycles. The van der Waals surface area contributed by atoms with Gasteiger partial charge in [0, 0.05) is 21.9 Å². The van der Waals surface area contributed by atoms with Crippen molar-refractivity contribution in [3.63, 3.8) is 0 Å². The molecule has 0 aliphatic carbocycles. The lowest BCUT2D eigenvalue weighted by molar-refractivity contribution is 0.404. The van der Waals surface area contributed by atoms with Gasteiger partial charge in [0.05, 0.1) is 9.79 Å². The van der Waals surface area contributed by atoms with Crippen LogP contribution in [-0.2, 0) is 9.84 Å². The van der Waals surface area contributed by atoms with Crippen LogP contribution in [0.15, 0.2) is 119 Å². The van der Waals surface area contributed by atoms with Gasteiger partial charge in [-0.25, -0.2) is 8.42 Å². The fourth-order valence-corrected chi connectivity index (χ4v) is 7.11. The molecule has 0 aromatic heterocycles. The summed E-state index contributed by atoms with van der Waals surface area (Å²) in [7, 11) is -4.28. The quantitative estimate of drug-likeness (QED) is 0.181. The summed E-state index contributed by atoms with van der Waals surface area (Å²) >= 11 is 0. The predicted molar refractivity (Wildman–Crippen MR) is 151 cm³/mol. The molecule has 192 valence electrons. The number of hydrogen-bond donors (Lipinski definition) is 4. The van der Waals surface area contributed by atoms with Crippen LogP contribution in [0.1, 0.15) is 0 Å². The summed E-state index contributed by atoms with van der Waals surface area (Å²) in [5.74, 6) is -1.36. The van der Waals surface area contributed by atoms with Crippen molar-refractivity contribution in [1.82, 2.24) is 0 Å². The van der Waals surface area contributed by atoms with Gasteiger partial charge in [-0.3, -0.25) is 0 Å². The monoisotopic (exact) mass is 534 g/mol. The van der Waals surface area contributed by atoms with E-state index in [0.717, 1.165) is 0 Å². The SMILES string of the molecule is O=S(=O)(c1c(-c2ccc(O)c(O)c2)ccc2ccccc12)c1c(-c2ccc(O)c(O)c2)ccc2ccccc12. The van der Waals surface area contributed by atoms with Gasteiger partial charge in [0.25, 0.3) is 0 Å². The van der Waals surface area contributed by atoms with Crippen LogP contribution in [0.4, 0.5) is 0 Å². The zero-order valence-corrected chi connectivity index (χ0v) is 21.2. The minimum atomic E-state index is -4.28. The van der Waals surface area contributed by atoms with Gasteiger partial charge in [-0.2, -0.15) is 0 Å². The maximum Gasteiger partial charge on any atom is 0.209 e. The van der Waals surface area contributed by atoms with Crippen LogP contribution >= 0.6 is 0 Å². The predicted octanol–water partition coefficient (Wildman–Crippen LogP) is 6.98. The van der Waals surface area contributed by atoms with Crippen LogP contribution in [0.3, 0.4) is 0 Å². The number of hydrogen-bond acceptors (Lipinski definition) is 6. The van der Waals surface area contributed by atoms with Crippen LogP contribution in [-0.4, -0.2) is 28.8 Å². The Balaban J connectivity index is 1.75. The molecule has 7 heteroatoms. The highest BCUT2D eigenvalue weighted by Gasteiger charge is 2.30. The first-order chi connectivity index (χ1) is 18.8. The summed E-state index contributed by atoms with van der Waals surface area (Å²) in [5.41, 5.74) is 1.55. The average Bonchev–Trinajstić information content (AvgIpc) is 2.94. The Kier molecular flexibility index (Phi) is 5.66. The standard InChI is InChI=1S/C32H22O6S/c33-27-15-11-21(17-29(27)35)25-13-9-19-5-1-3-7-23(19)31(25)39(37,38)32-24-8-4-2-6-20(24)10-14-26(32)22-12-16-28(34)30(36)18-22/h1-18,33-36H. The molecule has 0 radical (unpaired) electrons. The number of benzene rings is 6. The largest absolute Gasteiger partial charge is 0.504 e. The Morgan fingerprint density at radius 3 is 1.26 bits per heavy atom. The fourth-order valence-electron chi connectivity index (χ4n) is 5.00.